The van der Waals surface area contributed by atoms with E-state index in [2.05, 4.69) is 37.2 Å². The van der Waals surface area contributed by atoms with Gasteiger partial charge >= 0.3 is 0 Å². The second-order valence-electron chi connectivity index (χ2n) is 3.29. The first-order valence-electron chi connectivity index (χ1n) is 4.68. The van der Waals surface area contributed by atoms with E-state index < -0.39 is 11.6 Å². The van der Waals surface area contributed by atoms with E-state index in [4.69, 9.17) is 4.42 Å². The Morgan fingerprint density at radius 2 is 1.88 bits per heavy atom. The van der Waals surface area contributed by atoms with Crippen molar-refractivity contribution in [1.29, 1.82) is 0 Å². The molecule has 6 heteroatoms. The molecule has 0 saturated carbocycles. The van der Waals surface area contributed by atoms with Crippen LogP contribution in [0, 0.1) is 11.6 Å². The summed E-state index contributed by atoms with van der Waals surface area (Å²) in [6, 6.07) is 3.90. The number of halogens is 4. The molecule has 0 amide bonds. The van der Waals surface area contributed by atoms with Crippen molar-refractivity contribution in [3.63, 3.8) is 0 Å². The van der Waals surface area contributed by atoms with E-state index in [1.54, 1.807) is 6.07 Å². The third-order valence-corrected chi connectivity index (χ3v) is 3.45. The summed E-state index contributed by atoms with van der Waals surface area (Å²) in [7, 11) is 0. The zero-order valence-corrected chi connectivity index (χ0v) is 11.6. The summed E-state index contributed by atoms with van der Waals surface area (Å²) in [5.41, 5.74) is 0.0917. The van der Waals surface area contributed by atoms with Crippen LogP contribution in [0.15, 0.2) is 37.8 Å². The van der Waals surface area contributed by atoms with Crippen LogP contribution in [0.3, 0.4) is 0 Å². The lowest BCUT2D eigenvalue weighted by Gasteiger charge is -2.07. The van der Waals surface area contributed by atoms with Crippen molar-refractivity contribution in [3.8, 4) is 0 Å². The van der Waals surface area contributed by atoms with Gasteiger partial charge in [0.15, 0.2) is 0 Å². The molecule has 2 rings (SSSR count). The second-order valence-corrected chi connectivity index (χ2v) is 5.00. The first-order valence-corrected chi connectivity index (χ1v) is 6.27. The van der Waals surface area contributed by atoms with Crippen LogP contribution in [0.5, 0.6) is 0 Å². The molecule has 1 aromatic carbocycles. The Morgan fingerprint density at radius 3 is 2.53 bits per heavy atom. The number of furan rings is 1. The van der Waals surface area contributed by atoms with Gasteiger partial charge in [-0.15, -0.1) is 0 Å². The van der Waals surface area contributed by atoms with E-state index in [1.807, 2.05) is 0 Å². The molecule has 0 atom stereocenters. The van der Waals surface area contributed by atoms with Crippen LogP contribution in [-0.4, -0.2) is 0 Å². The van der Waals surface area contributed by atoms with Crippen LogP contribution in [0.25, 0.3) is 0 Å². The van der Waals surface area contributed by atoms with Crippen molar-refractivity contribution >= 4 is 37.5 Å². The molecule has 0 unspecified atom stereocenters. The molecule has 0 saturated heterocycles. The van der Waals surface area contributed by atoms with Gasteiger partial charge in [0.05, 0.1) is 27.4 Å². The molecule has 1 N–H and O–H groups in total. The summed E-state index contributed by atoms with van der Waals surface area (Å²) in [5, 5.41) is 2.76. The Balaban J connectivity index is 2.14. The predicted molar refractivity (Wildman–Crippen MR) is 67.8 cm³/mol. The Labute approximate surface area is 113 Å². The largest absolute Gasteiger partial charge is 0.466 e. The van der Waals surface area contributed by atoms with Crippen LogP contribution in [0.2, 0.25) is 0 Å². The highest BCUT2D eigenvalue weighted by Gasteiger charge is 2.09. The maximum absolute atomic E-state index is 13.5. The number of anilines is 1. The summed E-state index contributed by atoms with van der Waals surface area (Å²) in [4.78, 5) is 0. The summed E-state index contributed by atoms with van der Waals surface area (Å²) in [6.07, 6.45) is 1.51. The molecular weight excluding hydrogens is 360 g/mol. The average molecular weight is 367 g/mol. The highest BCUT2D eigenvalue weighted by molar-refractivity contribution is 9.10. The maximum Gasteiger partial charge on any atom is 0.147 e. The summed E-state index contributed by atoms with van der Waals surface area (Å²) >= 11 is 6.19. The molecule has 0 aliphatic carbocycles. The number of hydrogen-bond donors (Lipinski definition) is 1. The van der Waals surface area contributed by atoms with E-state index in [0.717, 1.165) is 16.6 Å². The van der Waals surface area contributed by atoms with E-state index in [0.29, 0.717) is 5.76 Å². The maximum atomic E-state index is 13.5. The van der Waals surface area contributed by atoms with Crippen LogP contribution >= 0.6 is 31.9 Å². The minimum absolute atomic E-state index is 0.0917. The van der Waals surface area contributed by atoms with Crippen molar-refractivity contribution in [1.82, 2.24) is 0 Å². The molecule has 0 spiro atoms. The second kappa shape index (κ2) is 5.18. The van der Waals surface area contributed by atoms with E-state index >= 15 is 0 Å². The molecule has 0 radical (unpaired) electrons. The standard InChI is InChI=1S/C11H7Br2F2NO/c12-6-1-2-17-11(6)5-16-10-4-8(14)7(13)3-9(10)15/h1-4,16H,5H2. The lowest BCUT2D eigenvalue weighted by Crippen LogP contribution is -2.01. The third kappa shape index (κ3) is 2.87. The van der Waals surface area contributed by atoms with Gasteiger partial charge in [-0.3, -0.25) is 0 Å². The Kier molecular flexibility index (Phi) is 3.83. The van der Waals surface area contributed by atoms with Gasteiger partial charge in [0.25, 0.3) is 0 Å². The van der Waals surface area contributed by atoms with Gasteiger partial charge in [-0.1, -0.05) is 0 Å². The Morgan fingerprint density at radius 1 is 1.12 bits per heavy atom. The van der Waals surface area contributed by atoms with E-state index in [9.17, 15) is 8.78 Å². The monoisotopic (exact) mass is 365 g/mol. The summed E-state index contributed by atoms with van der Waals surface area (Å²) in [6.45, 7) is 0.269. The molecule has 0 aliphatic heterocycles. The topological polar surface area (TPSA) is 25.2 Å². The molecule has 0 aliphatic rings. The Hall–Kier alpha value is -0.880. The van der Waals surface area contributed by atoms with Crippen molar-refractivity contribution in [3.05, 3.63) is 50.8 Å². The Bertz CT molecular complexity index is 542. The molecule has 0 fully saturated rings. The van der Waals surface area contributed by atoms with Gasteiger partial charge in [0, 0.05) is 6.07 Å². The van der Waals surface area contributed by atoms with Crippen molar-refractivity contribution in [2.45, 2.75) is 6.54 Å². The van der Waals surface area contributed by atoms with Gasteiger partial charge in [0.1, 0.15) is 17.4 Å². The molecule has 1 aromatic heterocycles. The average Bonchev–Trinajstić information content (AvgIpc) is 2.68. The first kappa shape index (κ1) is 12.6. The molecule has 1 heterocycles. The van der Waals surface area contributed by atoms with Crippen molar-refractivity contribution in [2.75, 3.05) is 5.32 Å². The van der Waals surface area contributed by atoms with Crippen LogP contribution in [0.4, 0.5) is 14.5 Å². The van der Waals surface area contributed by atoms with Gasteiger partial charge in [-0.05, 0) is 44.0 Å². The summed E-state index contributed by atoms with van der Waals surface area (Å²) < 4.78 is 32.7. The molecule has 2 aromatic rings. The smallest absolute Gasteiger partial charge is 0.147 e. The zero-order valence-electron chi connectivity index (χ0n) is 8.44. The van der Waals surface area contributed by atoms with Crippen LogP contribution < -0.4 is 5.32 Å². The molecule has 2 nitrogen and oxygen atoms in total. The van der Waals surface area contributed by atoms with E-state index in [1.165, 1.54) is 6.26 Å². The fourth-order valence-electron chi connectivity index (χ4n) is 1.28. The van der Waals surface area contributed by atoms with Gasteiger partial charge in [0.2, 0.25) is 0 Å². The van der Waals surface area contributed by atoms with Crippen molar-refractivity contribution in [2.24, 2.45) is 0 Å². The fourth-order valence-corrected chi connectivity index (χ4v) is 1.94. The minimum Gasteiger partial charge on any atom is -0.466 e. The lowest BCUT2D eigenvalue weighted by atomic mass is 10.3. The normalized spacial score (nSPS) is 10.6. The highest BCUT2D eigenvalue weighted by Crippen LogP contribution is 2.25. The third-order valence-electron chi connectivity index (χ3n) is 2.14. The molecule has 0 bridgehead atoms. The zero-order chi connectivity index (χ0) is 12.4. The number of hydrogen-bond acceptors (Lipinski definition) is 2. The summed E-state index contributed by atoms with van der Waals surface area (Å²) in [5.74, 6) is -0.430. The SMILES string of the molecule is Fc1cc(NCc2occc2Br)c(F)cc1Br. The molecule has 90 valence electrons. The van der Waals surface area contributed by atoms with Crippen LogP contribution in [-0.2, 0) is 6.54 Å². The van der Waals surface area contributed by atoms with E-state index in [-0.39, 0.29) is 16.7 Å². The number of nitrogens with one attached hydrogen (secondary N) is 1. The fraction of sp³-hybridized carbons (Fsp3) is 0.0909. The van der Waals surface area contributed by atoms with Crippen molar-refractivity contribution < 1.29 is 13.2 Å². The van der Waals surface area contributed by atoms with Gasteiger partial charge in [-0.25, -0.2) is 8.78 Å². The molecular formula is C11H7Br2F2NO. The van der Waals surface area contributed by atoms with Gasteiger partial charge in [-0.2, -0.15) is 0 Å². The quantitative estimate of drug-likeness (QED) is 0.797. The molecule has 17 heavy (non-hydrogen) atoms. The lowest BCUT2D eigenvalue weighted by molar-refractivity contribution is 0.515. The number of benzene rings is 1. The minimum atomic E-state index is -0.527. The van der Waals surface area contributed by atoms with Gasteiger partial charge < -0.3 is 9.73 Å². The first-order chi connectivity index (χ1) is 8.08. The highest BCUT2D eigenvalue weighted by atomic mass is 79.9. The van der Waals surface area contributed by atoms with Crippen LogP contribution in [0.1, 0.15) is 5.76 Å². The predicted octanol–water partition coefficient (Wildman–Crippen LogP) is 4.69. The number of rotatable bonds is 3.